The minimum atomic E-state index is -1.08. The number of carbonyl (C=O) groups is 1. The average molecular weight is 334 g/mol. The number of H-pyrrole nitrogens is 2. The summed E-state index contributed by atoms with van der Waals surface area (Å²) in [6.07, 6.45) is 1.35. The molecule has 0 radical (unpaired) electrons. The van der Waals surface area contributed by atoms with Crippen molar-refractivity contribution in [3.8, 4) is 16.9 Å². The molecule has 0 bridgehead atoms. The van der Waals surface area contributed by atoms with Crippen LogP contribution in [0.1, 0.15) is 10.4 Å². The summed E-state index contributed by atoms with van der Waals surface area (Å²) in [6, 6.07) is 13.1. The van der Waals surface area contributed by atoms with Gasteiger partial charge in [0.15, 0.2) is 0 Å². The molecule has 0 aliphatic carbocycles. The number of rotatable bonds is 3. The Hall–Kier alpha value is -3.54. The standard InChI is InChI=1S/C19H14N2O4/c1-25-12-5-2-10(3-6-12)11-4-7-15-13(8-11)16-14(19(23)24)9-20-17(16)18(22)21-15/h2-9,20H,1H3,(H,21,22)(H,23,24). The lowest BCUT2D eigenvalue weighted by Crippen LogP contribution is -2.07. The molecule has 0 amide bonds. The van der Waals surface area contributed by atoms with E-state index >= 15 is 0 Å². The number of aromatic amines is 2. The fourth-order valence-electron chi connectivity index (χ4n) is 3.06. The molecular formula is C19H14N2O4. The number of aromatic nitrogens is 2. The number of ether oxygens (including phenoxy) is 1. The highest BCUT2D eigenvalue weighted by molar-refractivity contribution is 6.15. The van der Waals surface area contributed by atoms with Crippen LogP contribution >= 0.6 is 0 Å². The maximum absolute atomic E-state index is 12.2. The molecule has 0 saturated heterocycles. The summed E-state index contributed by atoms with van der Waals surface area (Å²) < 4.78 is 5.17. The summed E-state index contributed by atoms with van der Waals surface area (Å²) >= 11 is 0. The number of hydrogen-bond donors (Lipinski definition) is 3. The lowest BCUT2D eigenvalue weighted by atomic mass is 10.0. The monoisotopic (exact) mass is 334 g/mol. The predicted octanol–water partition coefficient (Wildman–Crippen LogP) is 3.38. The van der Waals surface area contributed by atoms with Crippen LogP contribution in [0.15, 0.2) is 53.5 Å². The normalized spacial score (nSPS) is 11.1. The second-order valence-corrected chi connectivity index (χ2v) is 5.70. The molecule has 25 heavy (non-hydrogen) atoms. The highest BCUT2D eigenvalue weighted by Crippen LogP contribution is 2.30. The van der Waals surface area contributed by atoms with Crippen molar-refractivity contribution in [3.05, 3.63) is 64.6 Å². The zero-order valence-electron chi connectivity index (χ0n) is 13.3. The maximum Gasteiger partial charge on any atom is 0.337 e. The van der Waals surface area contributed by atoms with Crippen molar-refractivity contribution in [2.24, 2.45) is 0 Å². The number of carboxylic acids is 1. The van der Waals surface area contributed by atoms with Crippen LogP contribution < -0.4 is 10.3 Å². The summed E-state index contributed by atoms with van der Waals surface area (Å²) in [4.78, 5) is 29.2. The molecule has 6 heteroatoms. The number of methoxy groups -OCH3 is 1. The molecular weight excluding hydrogens is 320 g/mol. The molecule has 0 aliphatic heterocycles. The highest BCUT2D eigenvalue weighted by Gasteiger charge is 2.16. The van der Waals surface area contributed by atoms with E-state index in [9.17, 15) is 14.7 Å². The summed E-state index contributed by atoms with van der Waals surface area (Å²) in [7, 11) is 1.61. The molecule has 0 spiro atoms. The van der Waals surface area contributed by atoms with Crippen molar-refractivity contribution in [2.75, 3.05) is 7.11 Å². The second-order valence-electron chi connectivity index (χ2n) is 5.70. The summed E-state index contributed by atoms with van der Waals surface area (Å²) in [6.45, 7) is 0. The van der Waals surface area contributed by atoms with Gasteiger partial charge in [0.2, 0.25) is 0 Å². The van der Waals surface area contributed by atoms with E-state index in [2.05, 4.69) is 9.97 Å². The molecule has 0 atom stereocenters. The third kappa shape index (κ3) is 2.35. The van der Waals surface area contributed by atoms with Gasteiger partial charge in [-0.05, 0) is 35.4 Å². The Morgan fingerprint density at radius 2 is 1.80 bits per heavy atom. The lowest BCUT2D eigenvalue weighted by molar-refractivity contribution is 0.0699. The lowest BCUT2D eigenvalue weighted by Gasteiger charge is -2.07. The van der Waals surface area contributed by atoms with Gasteiger partial charge < -0.3 is 19.8 Å². The van der Waals surface area contributed by atoms with Crippen molar-refractivity contribution in [2.45, 2.75) is 0 Å². The molecule has 2 aromatic heterocycles. The van der Waals surface area contributed by atoms with Gasteiger partial charge in [0, 0.05) is 22.5 Å². The van der Waals surface area contributed by atoms with Crippen molar-refractivity contribution >= 4 is 27.8 Å². The predicted molar refractivity (Wildman–Crippen MR) is 95.4 cm³/mol. The Kier molecular flexibility index (Phi) is 3.32. The molecule has 0 aliphatic rings. The third-order valence-electron chi connectivity index (χ3n) is 4.30. The first-order valence-corrected chi connectivity index (χ1v) is 7.63. The minimum Gasteiger partial charge on any atom is -0.497 e. The zero-order valence-corrected chi connectivity index (χ0v) is 13.3. The van der Waals surface area contributed by atoms with Gasteiger partial charge in [-0.3, -0.25) is 4.79 Å². The van der Waals surface area contributed by atoms with Crippen molar-refractivity contribution < 1.29 is 14.6 Å². The van der Waals surface area contributed by atoms with Gasteiger partial charge in [0.05, 0.1) is 12.7 Å². The minimum absolute atomic E-state index is 0.0815. The quantitative estimate of drug-likeness (QED) is 0.535. The van der Waals surface area contributed by atoms with Crippen LogP contribution in [0.5, 0.6) is 5.75 Å². The molecule has 3 N–H and O–H groups in total. The number of hydrogen-bond acceptors (Lipinski definition) is 3. The number of fused-ring (bicyclic) bond motifs is 3. The Labute approximate surface area is 141 Å². The second kappa shape index (κ2) is 5.52. The molecule has 0 unspecified atom stereocenters. The van der Waals surface area contributed by atoms with Crippen LogP contribution in [0, 0.1) is 0 Å². The van der Waals surface area contributed by atoms with E-state index in [0.717, 1.165) is 16.9 Å². The molecule has 2 heterocycles. The Morgan fingerprint density at radius 1 is 1.08 bits per heavy atom. The fourth-order valence-corrected chi connectivity index (χ4v) is 3.06. The van der Waals surface area contributed by atoms with Crippen LogP contribution in [0.4, 0.5) is 0 Å². The zero-order chi connectivity index (χ0) is 17.6. The maximum atomic E-state index is 12.2. The summed E-state index contributed by atoms with van der Waals surface area (Å²) in [5, 5.41) is 10.5. The number of pyridine rings is 1. The van der Waals surface area contributed by atoms with E-state index < -0.39 is 5.97 Å². The first-order valence-electron chi connectivity index (χ1n) is 7.63. The Bertz CT molecular complexity index is 1170. The van der Waals surface area contributed by atoms with E-state index in [0.29, 0.717) is 16.3 Å². The van der Waals surface area contributed by atoms with E-state index in [1.807, 2.05) is 36.4 Å². The summed E-state index contributed by atoms with van der Waals surface area (Å²) in [5.74, 6) is -0.317. The molecule has 4 rings (SSSR count). The van der Waals surface area contributed by atoms with Crippen molar-refractivity contribution in [3.63, 3.8) is 0 Å². The smallest absolute Gasteiger partial charge is 0.337 e. The van der Waals surface area contributed by atoms with Gasteiger partial charge in [-0.2, -0.15) is 0 Å². The molecule has 2 aromatic carbocycles. The van der Waals surface area contributed by atoms with E-state index in [4.69, 9.17) is 4.74 Å². The van der Waals surface area contributed by atoms with Crippen LogP contribution in [0.2, 0.25) is 0 Å². The molecule has 0 saturated carbocycles. The number of aromatic carboxylic acids is 1. The first kappa shape index (κ1) is 15.0. The van der Waals surface area contributed by atoms with E-state index in [1.54, 1.807) is 13.2 Å². The molecule has 6 nitrogen and oxygen atoms in total. The average Bonchev–Trinajstić information content (AvgIpc) is 3.08. The van der Waals surface area contributed by atoms with Gasteiger partial charge in [0.25, 0.3) is 5.56 Å². The van der Waals surface area contributed by atoms with Crippen LogP contribution in [-0.2, 0) is 0 Å². The topological polar surface area (TPSA) is 95.2 Å². The van der Waals surface area contributed by atoms with Gasteiger partial charge in [-0.25, -0.2) is 4.79 Å². The number of nitrogens with one attached hydrogen (secondary N) is 2. The molecule has 4 aromatic rings. The molecule has 124 valence electrons. The Morgan fingerprint density at radius 3 is 2.48 bits per heavy atom. The number of benzene rings is 2. The Balaban J connectivity index is 2.02. The summed E-state index contributed by atoms with van der Waals surface area (Å²) in [5.41, 5.74) is 2.48. The largest absolute Gasteiger partial charge is 0.497 e. The van der Waals surface area contributed by atoms with Gasteiger partial charge in [-0.1, -0.05) is 18.2 Å². The number of carboxylic acid groups (broad SMARTS) is 1. The first-order chi connectivity index (χ1) is 12.1. The van der Waals surface area contributed by atoms with Crippen molar-refractivity contribution in [1.29, 1.82) is 0 Å². The van der Waals surface area contributed by atoms with Crippen molar-refractivity contribution in [1.82, 2.24) is 9.97 Å². The molecule has 0 fully saturated rings. The van der Waals surface area contributed by atoms with Gasteiger partial charge in [-0.15, -0.1) is 0 Å². The van der Waals surface area contributed by atoms with Gasteiger partial charge in [0.1, 0.15) is 11.3 Å². The highest BCUT2D eigenvalue weighted by atomic mass is 16.5. The SMILES string of the molecule is COc1ccc(-c2ccc3[nH]c(=O)c4[nH]cc(C(=O)O)c4c3c2)cc1. The third-order valence-corrected chi connectivity index (χ3v) is 4.30. The van der Waals surface area contributed by atoms with E-state index in [1.165, 1.54) is 6.20 Å². The van der Waals surface area contributed by atoms with E-state index in [-0.39, 0.29) is 16.6 Å². The van der Waals surface area contributed by atoms with Crippen LogP contribution in [-0.4, -0.2) is 28.2 Å². The van der Waals surface area contributed by atoms with Crippen LogP contribution in [0.3, 0.4) is 0 Å². The fraction of sp³-hybridized carbons (Fsp3) is 0.0526. The van der Waals surface area contributed by atoms with Crippen LogP contribution in [0.25, 0.3) is 32.9 Å². The van der Waals surface area contributed by atoms with Gasteiger partial charge >= 0.3 is 5.97 Å².